The summed E-state index contributed by atoms with van der Waals surface area (Å²) in [6.07, 6.45) is 0. The largest absolute Gasteiger partial charge is 0.340 e. The second kappa shape index (κ2) is 4.03. The lowest BCUT2D eigenvalue weighted by Gasteiger charge is -2.01. The van der Waals surface area contributed by atoms with E-state index in [1.807, 2.05) is 13.0 Å². The smallest absolute Gasteiger partial charge is 0.223 e. The molecule has 1 atom stereocenters. The van der Waals surface area contributed by atoms with Gasteiger partial charge in [0, 0.05) is 21.2 Å². The van der Waals surface area contributed by atoms with Crippen molar-refractivity contribution < 1.29 is 4.52 Å². The molecule has 0 saturated carbocycles. The zero-order chi connectivity index (χ0) is 11.0. The molecule has 0 fully saturated rings. The first-order valence-electron chi connectivity index (χ1n) is 4.39. The minimum atomic E-state index is -0.308. The van der Waals surface area contributed by atoms with Gasteiger partial charge in [-0.2, -0.15) is 4.98 Å². The van der Waals surface area contributed by atoms with Gasteiger partial charge < -0.3 is 10.3 Å². The predicted octanol–water partition coefficient (Wildman–Crippen LogP) is 2.56. The number of hydrogen-bond acceptors (Lipinski definition) is 5. The number of halogens is 1. The Hall–Kier alpha value is -0.720. The van der Waals surface area contributed by atoms with Crippen LogP contribution in [0.25, 0.3) is 0 Å². The van der Waals surface area contributed by atoms with Crippen LogP contribution in [0.2, 0.25) is 0 Å². The van der Waals surface area contributed by atoms with Crippen LogP contribution in [0.15, 0.2) is 15.1 Å². The van der Waals surface area contributed by atoms with E-state index in [-0.39, 0.29) is 6.04 Å². The predicted molar refractivity (Wildman–Crippen MR) is 61.8 cm³/mol. The molecule has 2 rings (SSSR count). The highest BCUT2D eigenvalue weighted by atomic mass is 79.9. The SMILES string of the molecule is Cc1nc(C(N)c2cc(Br)c(C)s2)no1. The van der Waals surface area contributed by atoms with Crippen molar-refractivity contribution in [1.29, 1.82) is 0 Å². The van der Waals surface area contributed by atoms with Crippen molar-refractivity contribution in [3.05, 3.63) is 32.0 Å². The van der Waals surface area contributed by atoms with Crippen molar-refractivity contribution in [2.75, 3.05) is 0 Å². The van der Waals surface area contributed by atoms with Gasteiger partial charge in [-0.05, 0) is 28.9 Å². The third-order valence-electron chi connectivity index (χ3n) is 2.00. The Morgan fingerprint density at radius 1 is 1.53 bits per heavy atom. The van der Waals surface area contributed by atoms with Gasteiger partial charge in [-0.3, -0.25) is 0 Å². The molecule has 0 bridgehead atoms. The van der Waals surface area contributed by atoms with Crippen molar-refractivity contribution >= 4 is 27.3 Å². The molecule has 0 radical (unpaired) electrons. The topological polar surface area (TPSA) is 64.9 Å². The van der Waals surface area contributed by atoms with E-state index < -0.39 is 0 Å². The lowest BCUT2D eigenvalue weighted by atomic mass is 10.2. The Bertz CT molecular complexity index is 460. The highest BCUT2D eigenvalue weighted by Gasteiger charge is 2.17. The van der Waals surface area contributed by atoms with Crippen LogP contribution in [-0.4, -0.2) is 10.1 Å². The number of nitrogens with zero attached hydrogens (tertiary/aromatic N) is 2. The maximum atomic E-state index is 6.02. The van der Waals surface area contributed by atoms with Crippen molar-refractivity contribution in [2.45, 2.75) is 19.9 Å². The molecule has 2 aromatic rings. The quantitative estimate of drug-likeness (QED) is 0.922. The third kappa shape index (κ3) is 2.11. The molecule has 0 aliphatic rings. The molecule has 0 spiro atoms. The lowest BCUT2D eigenvalue weighted by molar-refractivity contribution is 0.385. The highest BCUT2D eigenvalue weighted by Crippen LogP contribution is 2.31. The fourth-order valence-electron chi connectivity index (χ4n) is 1.20. The molecule has 2 heterocycles. The number of rotatable bonds is 2. The Labute approximate surface area is 99.6 Å². The molecule has 0 aromatic carbocycles. The van der Waals surface area contributed by atoms with E-state index in [1.54, 1.807) is 18.3 Å². The van der Waals surface area contributed by atoms with E-state index in [4.69, 9.17) is 10.3 Å². The maximum Gasteiger partial charge on any atom is 0.223 e. The van der Waals surface area contributed by atoms with Gasteiger partial charge in [-0.25, -0.2) is 0 Å². The summed E-state index contributed by atoms with van der Waals surface area (Å²) in [5.74, 6) is 1.06. The second-order valence-corrected chi connectivity index (χ2v) is 5.34. The molecule has 0 aliphatic heterocycles. The second-order valence-electron chi connectivity index (χ2n) is 3.20. The van der Waals surface area contributed by atoms with E-state index in [2.05, 4.69) is 26.1 Å². The summed E-state index contributed by atoms with van der Waals surface area (Å²) in [7, 11) is 0. The number of hydrogen-bond donors (Lipinski definition) is 1. The zero-order valence-corrected chi connectivity index (χ0v) is 10.7. The van der Waals surface area contributed by atoms with Crippen LogP contribution < -0.4 is 5.73 Å². The molecule has 0 aliphatic carbocycles. The third-order valence-corrected chi connectivity index (χ3v) is 4.22. The summed E-state index contributed by atoms with van der Waals surface area (Å²) in [4.78, 5) is 6.34. The van der Waals surface area contributed by atoms with E-state index in [1.165, 1.54) is 4.88 Å². The standard InChI is InChI=1S/C9H10BrN3OS/c1-4-6(10)3-7(15-4)8(11)9-12-5(2)14-13-9/h3,8H,11H2,1-2H3. The van der Waals surface area contributed by atoms with Gasteiger partial charge in [0.15, 0.2) is 5.82 Å². The molecular weight excluding hydrogens is 278 g/mol. The van der Waals surface area contributed by atoms with Crippen molar-refractivity contribution in [2.24, 2.45) is 5.73 Å². The summed E-state index contributed by atoms with van der Waals surface area (Å²) >= 11 is 5.09. The van der Waals surface area contributed by atoms with Crippen LogP contribution in [-0.2, 0) is 0 Å². The first-order valence-corrected chi connectivity index (χ1v) is 6.00. The van der Waals surface area contributed by atoms with Gasteiger partial charge in [0.1, 0.15) is 6.04 Å². The summed E-state index contributed by atoms with van der Waals surface area (Å²) in [6, 6.07) is 1.69. The molecule has 4 nitrogen and oxygen atoms in total. The number of aromatic nitrogens is 2. The van der Waals surface area contributed by atoms with E-state index >= 15 is 0 Å². The number of aryl methyl sites for hydroxylation is 2. The summed E-state index contributed by atoms with van der Waals surface area (Å²) in [5, 5.41) is 3.81. The van der Waals surface area contributed by atoms with Crippen LogP contribution in [0.1, 0.15) is 27.5 Å². The Morgan fingerprint density at radius 2 is 2.27 bits per heavy atom. The monoisotopic (exact) mass is 287 g/mol. The Kier molecular flexibility index (Phi) is 2.90. The molecule has 2 aromatic heterocycles. The van der Waals surface area contributed by atoms with Crippen LogP contribution in [0, 0.1) is 13.8 Å². The first kappa shape index (κ1) is 10.8. The van der Waals surface area contributed by atoms with Gasteiger partial charge in [0.05, 0.1) is 0 Å². The number of nitrogens with two attached hydrogens (primary N) is 1. The summed E-state index contributed by atoms with van der Waals surface area (Å²) in [5.41, 5.74) is 6.02. The van der Waals surface area contributed by atoms with E-state index in [9.17, 15) is 0 Å². The molecular formula is C9H10BrN3OS. The van der Waals surface area contributed by atoms with Gasteiger partial charge in [0.2, 0.25) is 5.89 Å². The van der Waals surface area contributed by atoms with Crippen molar-refractivity contribution in [1.82, 2.24) is 10.1 Å². The minimum Gasteiger partial charge on any atom is -0.340 e. The Morgan fingerprint density at radius 3 is 2.73 bits per heavy atom. The van der Waals surface area contributed by atoms with Crippen LogP contribution >= 0.6 is 27.3 Å². The zero-order valence-electron chi connectivity index (χ0n) is 8.32. The van der Waals surface area contributed by atoms with Crippen LogP contribution in [0.4, 0.5) is 0 Å². The summed E-state index contributed by atoms with van der Waals surface area (Å²) < 4.78 is 5.96. The van der Waals surface area contributed by atoms with E-state index in [0.717, 1.165) is 9.35 Å². The highest BCUT2D eigenvalue weighted by molar-refractivity contribution is 9.10. The van der Waals surface area contributed by atoms with Crippen molar-refractivity contribution in [3.63, 3.8) is 0 Å². The molecule has 1 unspecified atom stereocenters. The summed E-state index contributed by atoms with van der Waals surface area (Å²) in [6.45, 7) is 3.78. The molecule has 0 amide bonds. The van der Waals surface area contributed by atoms with E-state index in [0.29, 0.717) is 11.7 Å². The first-order chi connectivity index (χ1) is 7.08. The molecule has 0 saturated heterocycles. The average Bonchev–Trinajstić information content (AvgIpc) is 2.74. The fraction of sp³-hybridized carbons (Fsp3) is 0.333. The van der Waals surface area contributed by atoms with Crippen LogP contribution in [0.3, 0.4) is 0 Å². The molecule has 15 heavy (non-hydrogen) atoms. The Balaban J connectivity index is 2.31. The molecule has 2 N–H and O–H groups in total. The van der Waals surface area contributed by atoms with Crippen molar-refractivity contribution in [3.8, 4) is 0 Å². The van der Waals surface area contributed by atoms with Crippen LogP contribution in [0.5, 0.6) is 0 Å². The minimum absolute atomic E-state index is 0.308. The van der Waals surface area contributed by atoms with Gasteiger partial charge in [-0.15, -0.1) is 11.3 Å². The maximum absolute atomic E-state index is 6.02. The number of thiophene rings is 1. The van der Waals surface area contributed by atoms with Gasteiger partial charge in [-0.1, -0.05) is 5.16 Å². The van der Waals surface area contributed by atoms with Gasteiger partial charge in [0.25, 0.3) is 0 Å². The normalized spacial score (nSPS) is 13.1. The van der Waals surface area contributed by atoms with Gasteiger partial charge >= 0.3 is 0 Å². The fourth-order valence-corrected chi connectivity index (χ4v) is 2.76. The lowest BCUT2D eigenvalue weighted by Crippen LogP contribution is -2.11. The molecule has 80 valence electrons. The average molecular weight is 288 g/mol. The molecule has 6 heteroatoms.